The molecule has 1 aliphatic heterocycles. The standard InChI is InChI=1S/C9H17NO3/c1-6-4-9(13,8(11)12)5-7(2)10(6)3/h6-7,13H,4-5H2,1-3H3,(H,11,12)/t6-,7-/m0/s1. The van der Waals surface area contributed by atoms with E-state index >= 15 is 0 Å². The van der Waals surface area contributed by atoms with Gasteiger partial charge >= 0.3 is 5.97 Å². The van der Waals surface area contributed by atoms with Crippen molar-refractivity contribution < 1.29 is 15.0 Å². The van der Waals surface area contributed by atoms with Gasteiger partial charge in [0.25, 0.3) is 0 Å². The molecule has 1 saturated heterocycles. The van der Waals surface area contributed by atoms with Gasteiger partial charge in [-0.1, -0.05) is 0 Å². The number of piperidine rings is 1. The van der Waals surface area contributed by atoms with Crippen LogP contribution in [0.2, 0.25) is 0 Å². The Morgan fingerprint density at radius 3 is 2.08 bits per heavy atom. The molecule has 13 heavy (non-hydrogen) atoms. The second-order valence-corrected chi connectivity index (χ2v) is 4.11. The minimum atomic E-state index is -1.52. The minimum Gasteiger partial charge on any atom is -0.479 e. The lowest BCUT2D eigenvalue weighted by Gasteiger charge is -2.42. The Morgan fingerprint density at radius 1 is 1.38 bits per heavy atom. The molecule has 2 N–H and O–H groups in total. The monoisotopic (exact) mass is 187 g/mol. The van der Waals surface area contributed by atoms with E-state index < -0.39 is 11.6 Å². The summed E-state index contributed by atoms with van der Waals surface area (Å²) in [7, 11) is 1.96. The SMILES string of the molecule is C[C@H]1CC(O)(C(=O)O)C[C@H](C)N1C. The maximum Gasteiger partial charge on any atom is 0.335 e. The Balaban J connectivity index is 2.79. The predicted octanol–water partition coefficient (Wildman–Crippen LogP) is 0.305. The highest BCUT2D eigenvalue weighted by Crippen LogP contribution is 2.30. The van der Waals surface area contributed by atoms with Crippen molar-refractivity contribution in [3.8, 4) is 0 Å². The smallest absolute Gasteiger partial charge is 0.335 e. The van der Waals surface area contributed by atoms with E-state index in [0.29, 0.717) is 12.8 Å². The summed E-state index contributed by atoms with van der Waals surface area (Å²) in [6.45, 7) is 3.87. The molecule has 0 aliphatic carbocycles. The molecule has 0 aromatic heterocycles. The van der Waals surface area contributed by atoms with Gasteiger partial charge in [0.15, 0.2) is 5.60 Å². The van der Waals surface area contributed by atoms with Crippen molar-refractivity contribution in [3.05, 3.63) is 0 Å². The lowest BCUT2D eigenvalue weighted by molar-refractivity contribution is -0.167. The van der Waals surface area contributed by atoms with E-state index in [1.165, 1.54) is 0 Å². The number of aliphatic hydroxyl groups is 1. The highest BCUT2D eigenvalue weighted by Gasteiger charge is 2.44. The fraction of sp³-hybridized carbons (Fsp3) is 0.889. The van der Waals surface area contributed by atoms with Crippen LogP contribution < -0.4 is 0 Å². The highest BCUT2D eigenvalue weighted by molar-refractivity contribution is 5.77. The largest absolute Gasteiger partial charge is 0.479 e. The van der Waals surface area contributed by atoms with Crippen LogP contribution in [0.25, 0.3) is 0 Å². The third kappa shape index (κ3) is 1.84. The van der Waals surface area contributed by atoms with Crippen LogP contribution >= 0.6 is 0 Å². The normalized spacial score (nSPS) is 41.8. The number of aliphatic carboxylic acids is 1. The number of carboxylic acids is 1. The molecule has 0 spiro atoms. The minimum absolute atomic E-state index is 0.116. The van der Waals surface area contributed by atoms with Gasteiger partial charge < -0.3 is 15.1 Å². The van der Waals surface area contributed by atoms with Gasteiger partial charge in [0, 0.05) is 24.9 Å². The lowest BCUT2D eigenvalue weighted by Crippen LogP contribution is -2.55. The Bertz CT molecular complexity index is 205. The predicted molar refractivity (Wildman–Crippen MR) is 48.5 cm³/mol. The zero-order valence-electron chi connectivity index (χ0n) is 8.32. The molecule has 0 saturated carbocycles. The summed E-state index contributed by atoms with van der Waals surface area (Å²) in [5.41, 5.74) is -1.52. The molecule has 4 heteroatoms. The van der Waals surface area contributed by atoms with E-state index in [1.807, 2.05) is 20.9 Å². The van der Waals surface area contributed by atoms with Gasteiger partial charge in [-0.05, 0) is 20.9 Å². The van der Waals surface area contributed by atoms with Gasteiger partial charge in [0.05, 0.1) is 0 Å². The number of likely N-dealkylation sites (tertiary alicyclic amines) is 1. The molecular weight excluding hydrogens is 170 g/mol. The Kier molecular flexibility index (Phi) is 2.63. The van der Waals surface area contributed by atoms with Crippen LogP contribution in [0.15, 0.2) is 0 Å². The summed E-state index contributed by atoms with van der Waals surface area (Å²) in [5, 5.41) is 18.6. The molecule has 1 aliphatic rings. The fourth-order valence-electron chi connectivity index (χ4n) is 1.96. The van der Waals surface area contributed by atoms with Crippen LogP contribution in [0.5, 0.6) is 0 Å². The molecule has 0 unspecified atom stereocenters. The average Bonchev–Trinajstić information content (AvgIpc) is 2.00. The molecule has 1 heterocycles. The molecule has 76 valence electrons. The van der Waals surface area contributed by atoms with Crippen molar-refractivity contribution in [2.24, 2.45) is 0 Å². The molecule has 1 rings (SSSR count). The van der Waals surface area contributed by atoms with Gasteiger partial charge in [-0.3, -0.25) is 0 Å². The molecule has 0 aromatic rings. The second-order valence-electron chi connectivity index (χ2n) is 4.11. The van der Waals surface area contributed by atoms with E-state index in [0.717, 1.165) is 0 Å². The van der Waals surface area contributed by atoms with E-state index in [4.69, 9.17) is 5.11 Å². The van der Waals surface area contributed by atoms with Gasteiger partial charge in [0.1, 0.15) is 0 Å². The van der Waals surface area contributed by atoms with E-state index in [2.05, 4.69) is 4.90 Å². The molecule has 0 amide bonds. The maximum absolute atomic E-state index is 10.8. The van der Waals surface area contributed by atoms with Crippen LogP contribution in [0.4, 0.5) is 0 Å². The third-order valence-electron chi connectivity index (χ3n) is 3.05. The van der Waals surface area contributed by atoms with Crippen molar-refractivity contribution >= 4 is 5.97 Å². The summed E-state index contributed by atoms with van der Waals surface area (Å²) >= 11 is 0. The zero-order chi connectivity index (χ0) is 10.2. The molecule has 0 aromatic carbocycles. The van der Waals surface area contributed by atoms with Crippen LogP contribution in [0, 0.1) is 0 Å². The van der Waals surface area contributed by atoms with Crippen molar-refractivity contribution in [1.29, 1.82) is 0 Å². The Hall–Kier alpha value is -0.610. The molecule has 0 bridgehead atoms. The average molecular weight is 187 g/mol. The number of carboxylic acid groups (broad SMARTS) is 1. The number of hydrogen-bond acceptors (Lipinski definition) is 3. The number of nitrogens with zero attached hydrogens (tertiary/aromatic N) is 1. The molecule has 4 nitrogen and oxygen atoms in total. The fourth-order valence-corrected chi connectivity index (χ4v) is 1.96. The first-order chi connectivity index (χ1) is 5.87. The van der Waals surface area contributed by atoms with Gasteiger partial charge in [-0.2, -0.15) is 0 Å². The van der Waals surface area contributed by atoms with Crippen LogP contribution in [-0.2, 0) is 4.79 Å². The number of carbonyl (C=O) groups is 1. The summed E-state index contributed by atoms with van der Waals surface area (Å²) in [6.07, 6.45) is 0.617. The summed E-state index contributed by atoms with van der Waals surface area (Å²) in [6, 6.07) is 0.231. The van der Waals surface area contributed by atoms with Crippen LogP contribution in [0.1, 0.15) is 26.7 Å². The van der Waals surface area contributed by atoms with Crippen molar-refractivity contribution in [2.75, 3.05) is 7.05 Å². The summed E-state index contributed by atoms with van der Waals surface area (Å²) in [4.78, 5) is 12.9. The van der Waals surface area contributed by atoms with Crippen molar-refractivity contribution in [2.45, 2.75) is 44.4 Å². The van der Waals surface area contributed by atoms with Crippen LogP contribution in [0.3, 0.4) is 0 Å². The first-order valence-electron chi connectivity index (χ1n) is 4.54. The molecule has 0 radical (unpaired) electrons. The van der Waals surface area contributed by atoms with Gasteiger partial charge in [-0.25, -0.2) is 4.79 Å². The van der Waals surface area contributed by atoms with E-state index in [-0.39, 0.29) is 12.1 Å². The first kappa shape index (κ1) is 10.5. The lowest BCUT2D eigenvalue weighted by atomic mass is 9.83. The van der Waals surface area contributed by atoms with Gasteiger partial charge in [0.2, 0.25) is 0 Å². The second kappa shape index (κ2) is 3.27. The Morgan fingerprint density at radius 2 is 1.77 bits per heavy atom. The summed E-state index contributed by atoms with van der Waals surface area (Å²) in [5.74, 6) is -1.10. The van der Waals surface area contributed by atoms with Crippen molar-refractivity contribution in [1.82, 2.24) is 4.90 Å². The van der Waals surface area contributed by atoms with E-state index in [1.54, 1.807) is 0 Å². The molecule has 1 fully saturated rings. The molecule has 2 atom stereocenters. The van der Waals surface area contributed by atoms with E-state index in [9.17, 15) is 9.90 Å². The summed E-state index contributed by atoms with van der Waals surface area (Å²) < 4.78 is 0. The zero-order valence-corrected chi connectivity index (χ0v) is 8.32. The van der Waals surface area contributed by atoms with Crippen molar-refractivity contribution in [3.63, 3.8) is 0 Å². The third-order valence-corrected chi connectivity index (χ3v) is 3.05. The Labute approximate surface area is 78.2 Å². The topological polar surface area (TPSA) is 60.8 Å². The van der Waals surface area contributed by atoms with Gasteiger partial charge in [-0.15, -0.1) is 0 Å². The quantitative estimate of drug-likeness (QED) is 0.620. The first-order valence-corrected chi connectivity index (χ1v) is 4.54. The molecular formula is C9H17NO3. The number of rotatable bonds is 1. The van der Waals surface area contributed by atoms with Crippen LogP contribution in [-0.4, -0.2) is 45.8 Å². The number of hydrogen-bond donors (Lipinski definition) is 2. The maximum atomic E-state index is 10.8. The highest BCUT2D eigenvalue weighted by atomic mass is 16.4.